The molecule has 0 amide bonds. The number of hydrogen-bond acceptors (Lipinski definition) is 9. The van der Waals surface area contributed by atoms with Crippen LogP contribution in [-0.4, -0.2) is 74.0 Å². The van der Waals surface area contributed by atoms with Crippen molar-refractivity contribution in [1.82, 2.24) is 19.5 Å². The van der Waals surface area contributed by atoms with E-state index in [-0.39, 0.29) is 5.95 Å². The zero-order valence-electron chi connectivity index (χ0n) is 16.8. The van der Waals surface area contributed by atoms with E-state index >= 15 is 0 Å². The van der Waals surface area contributed by atoms with Crippen LogP contribution in [-0.2, 0) is 4.74 Å². The monoisotopic (exact) mass is 430 g/mol. The molecule has 0 radical (unpaired) electrons. The van der Waals surface area contributed by atoms with Gasteiger partial charge in [0.25, 0.3) is 0 Å². The lowest BCUT2D eigenvalue weighted by atomic mass is 10.1. The number of benzene rings is 1. The maximum atomic E-state index is 10.4. The molecule has 0 saturated carbocycles. The Morgan fingerprint density at radius 1 is 1.17 bits per heavy atom. The third-order valence-corrected chi connectivity index (χ3v) is 8.49. The summed E-state index contributed by atoms with van der Waals surface area (Å²) in [5, 5.41) is 34.5. The van der Waals surface area contributed by atoms with Gasteiger partial charge in [-0.3, -0.25) is 4.57 Å². The van der Waals surface area contributed by atoms with E-state index in [2.05, 4.69) is 45.5 Å². The fraction of sp³-hybridized carbons (Fsp3) is 0.421. The Kier molecular flexibility index (Phi) is 5.47. The van der Waals surface area contributed by atoms with Crippen molar-refractivity contribution in [3.05, 3.63) is 36.7 Å². The first-order valence-electron chi connectivity index (χ1n) is 9.73. The average molecular weight is 431 g/mol. The molecule has 3 aromatic rings. The number of rotatable bonds is 6. The number of ether oxygens (including phenoxy) is 1. The number of nitrogens with zero attached hydrogens (tertiary/aromatic N) is 4. The minimum absolute atomic E-state index is 0.0722. The summed E-state index contributed by atoms with van der Waals surface area (Å²) < 4.78 is 7.02. The highest BCUT2D eigenvalue weighted by Crippen LogP contribution is 2.34. The summed E-state index contributed by atoms with van der Waals surface area (Å²) in [7, 11) is -1.78. The van der Waals surface area contributed by atoms with E-state index < -0.39 is 39.2 Å². The summed E-state index contributed by atoms with van der Waals surface area (Å²) in [5.74, 6) is 0.608. The van der Waals surface area contributed by atoms with Gasteiger partial charge in [-0.05, 0) is 0 Å². The lowest BCUT2D eigenvalue weighted by Gasteiger charge is -2.23. The van der Waals surface area contributed by atoms with Crippen LogP contribution in [0.2, 0.25) is 13.1 Å². The van der Waals surface area contributed by atoms with Gasteiger partial charge in [0.05, 0.1) is 6.61 Å². The number of aliphatic hydroxyl groups is 3. The molecule has 6 N–H and O–H groups in total. The van der Waals surface area contributed by atoms with Crippen LogP contribution in [0.25, 0.3) is 11.2 Å². The van der Waals surface area contributed by atoms with Crippen LogP contribution in [0.4, 0.5) is 11.8 Å². The van der Waals surface area contributed by atoms with E-state index in [1.807, 2.05) is 18.2 Å². The highest BCUT2D eigenvalue weighted by atomic mass is 28.3. The lowest BCUT2D eigenvalue weighted by Crippen LogP contribution is -2.48. The van der Waals surface area contributed by atoms with Crippen LogP contribution in [0.3, 0.4) is 0 Å². The molecule has 11 heteroatoms. The van der Waals surface area contributed by atoms with Gasteiger partial charge in [0.1, 0.15) is 32.7 Å². The topological polar surface area (TPSA) is 152 Å². The van der Waals surface area contributed by atoms with Gasteiger partial charge in [0, 0.05) is 6.17 Å². The molecule has 160 valence electrons. The molecular formula is C19H26N6O4Si. The van der Waals surface area contributed by atoms with E-state index in [9.17, 15) is 15.3 Å². The molecule has 0 aliphatic carbocycles. The Hall–Kier alpha value is -2.57. The van der Waals surface area contributed by atoms with Crippen molar-refractivity contribution >= 4 is 36.2 Å². The molecule has 4 unspecified atom stereocenters. The number of aliphatic hydroxyl groups excluding tert-OH is 3. The number of nitrogen functional groups attached to an aromatic ring is 1. The molecule has 4 atom stereocenters. The first kappa shape index (κ1) is 20.7. The van der Waals surface area contributed by atoms with Crippen molar-refractivity contribution in [3.63, 3.8) is 0 Å². The zero-order valence-corrected chi connectivity index (χ0v) is 17.8. The van der Waals surface area contributed by atoms with Crippen molar-refractivity contribution in [2.24, 2.45) is 0 Å². The maximum Gasteiger partial charge on any atom is 0.204 e. The van der Waals surface area contributed by atoms with Crippen LogP contribution in [0.1, 0.15) is 6.23 Å². The summed E-state index contributed by atoms with van der Waals surface area (Å²) in [6, 6.07) is 10.4. The molecule has 0 bridgehead atoms. The summed E-state index contributed by atoms with van der Waals surface area (Å²) >= 11 is 0. The number of nitrogens with one attached hydrogen (secondary N) is 1. The summed E-state index contributed by atoms with van der Waals surface area (Å²) in [5.41, 5.74) is 6.92. The third kappa shape index (κ3) is 3.54. The van der Waals surface area contributed by atoms with Crippen LogP contribution >= 0.6 is 0 Å². The summed E-state index contributed by atoms with van der Waals surface area (Å²) in [6.07, 6.45) is -2.34. The van der Waals surface area contributed by atoms with E-state index in [4.69, 9.17) is 10.5 Å². The number of anilines is 2. The minimum Gasteiger partial charge on any atom is -0.394 e. The standard InChI is InChI=1S/C19H26N6O4Si/c1-30(2,11-6-4-3-5-7-11)10-23-16-13-17(22-9-21-16)25(19(20)24-13)18-15(28)14(27)12(8-26)29-18/h3-7,9,12,14-15,18,26-28H,8,10H2,1-2H3,(H2,20,24)(H,21,22,23). The van der Waals surface area contributed by atoms with Crippen molar-refractivity contribution in [3.8, 4) is 0 Å². The second-order valence-electron chi connectivity index (χ2n) is 8.07. The first-order chi connectivity index (χ1) is 14.3. The summed E-state index contributed by atoms with van der Waals surface area (Å²) in [4.78, 5) is 13.0. The largest absolute Gasteiger partial charge is 0.394 e. The summed E-state index contributed by atoms with van der Waals surface area (Å²) in [6.45, 7) is 4.10. The smallest absolute Gasteiger partial charge is 0.204 e. The highest BCUT2D eigenvalue weighted by Gasteiger charge is 2.44. The zero-order chi connectivity index (χ0) is 21.5. The fourth-order valence-electron chi connectivity index (χ4n) is 3.70. The molecule has 1 saturated heterocycles. The molecule has 30 heavy (non-hydrogen) atoms. The molecule has 1 aliphatic rings. The van der Waals surface area contributed by atoms with E-state index in [0.717, 1.165) is 6.17 Å². The van der Waals surface area contributed by atoms with Crippen molar-refractivity contribution in [2.45, 2.75) is 37.6 Å². The van der Waals surface area contributed by atoms with Crippen molar-refractivity contribution < 1.29 is 20.1 Å². The van der Waals surface area contributed by atoms with Gasteiger partial charge in [-0.1, -0.05) is 48.6 Å². The first-order valence-corrected chi connectivity index (χ1v) is 12.9. The molecule has 1 fully saturated rings. The Morgan fingerprint density at radius 3 is 2.57 bits per heavy atom. The van der Waals surface area contributed by atoms with Gasteiger partial charge in [-0.25, -0.2) is 15.0 Å². The molecular weight excluding hydrogens is 404 g/mol. The molecule has 1 aromatic carbocycles. The van der Waals surface area contributed by atoms with Crippen molar-refractivity contribution in [1.29, 1.82) is 0 Å². The van der Waals surface area contributed by atoms with Gasteiger partial charge in [0.2, 0.25) is 5.95 Å². The number of imidazole rings is 1. The normalized spacial score (nSPS) is 24.4. The molecule has 1 aliphatic heterocycles. The van der Waals surface area contributed by atoms with E-state index in [1.165, 1.54) is 16.1 Å². The quantitative estimate of drug-likeness (QED) is 0.329. The van der Waals surface area contributed by atoms with Crippen LogP contribution in [0.15, 0.2) is 36.7 Å². The number of nitrogens with two attached hydrogens (primary N) is 1. The van der Waals surface area contributed by atoms with Gasteiger partial charge in [-0.2, -0.15) is 0 Å². The van der Waals surface area contributed by atoms with Crippen LogP contribution in [0, 0.1) is 0 Å². The third-order valence-electron chi connectivity index (χ3n) is 5.53. The predicted octanol–water partition coefficient (Wildman–Crippen LogP) is -0.413. The van der Waals surface area contributed by atoms with Gasteiger partial charge < -0.3 is 31.1 Å². The SMILES string of the molecule is C[Si](C)(CNc1ncnc2c1nc(N)n2C1OC(CO)C(O)C1O)c1ccccc1. The van der Waals surface area contributed by atoms with Crippen LogP contribution in [0.5, 0.6) is 0 Å². The van der Waals surface area contributed by atoms with E-state index in [1.54, 1.807) is 0 Å². The van der Waals surface area contributed by atoms with Crippen LogP contribution < -0.4 is 16.2 Å². The Balaban J connectivity index is 1.64. The molecule has 3 heterocycles. The van der Waals surface area contributed by atoms with Gasteiger partial charge in [-0.15, -0.1) is 0 Å². The predicted molar refractivity (Wildman–Crippen MR) is 115 cm³/mol. The number of aromatic nitrogens is 4. The second-order valence-corrected chi connectivity index (χ2v) is 12.8. The number of fused-ring (bicyclic) bond motifs is 1. The Bertz CT molecular complexity index is 1030. The van der Waals surface area contributed by atoms with Gasteiger partial charge in [0.15, 0.2) is 23.2 Å². The highest BCUT2D eigenvalue weighted by molar-refractivity contribution is 6.90. The molecule has 4 rings (SSSR count). The van der Waals surface area contributed by atoms with Gasteiger partial charge >= 0.3 is 0 Å². The van der Waals surface area contributed by atoms with E-state index in [0.29, 0.717) is 17.0 Å². The fourth-order valence-corrected chi connectivity index (χ4v) is 5.60. The second kappa shape index (κ2) is 7.93. The minimum atomic E-state index is -1.78. The number of hydrogen-bond donors (Lipinski definition) is 5. The lowest BCUT2D eigenvalue weighted by molar-refractivity contribution is -0.0500. The average Bonchev–Trinajstić information content (AvgIpc) is 3.23. The Labute approximate surface area is 174 Å². The van der Waals surface area contributed by atoms with Crippen molar-refractivity contribution in [2.75, 3.05) is 23.8 Å². The maximum absolute atomic E-state index is 10.4. The molecule has 10 nitrogen and oxygen atoms in total. The molecule has 2 aromatic heterocycles. The molecule has 0 spiro atoms. The Morgan fingerprint density at radius 2 is 1.90 bits per heavy atom.